The Morgan fingerprint density at radius 3 is 3.17 bits per heavy atom. The monoisotopic (exact) mass is 170 g/mol. The van der Waals surface area contributed by atoms with E-state index in [0.717, 1.165) is 24.8 Å². The molecule has 68 valence electrons. The summed E-state index contributed by atoms with van der Waals surface area (Å²) in [4.78, 5) is 10.3. The summed E-state index contributed by atoms with van der Waals surface area (Å²) in [6.07, 6.45) is 4.04. The van der Waals surface area contributed by atoms with Crippen molar-refractivity contribution in [3.63, 3.8) is 0 Å². The Hall–Kier alpha value is -0.830. The first kappa shape index (κ1) is 9.26. The zero-order chi connectivity index (χ0) is 8.97. The van der Waals surface area contributed by atoms with Crippen LogP contribution in [0.1, 0.15) is 26.2 Å². The summed E-state index contributed by atoms with van der Waals surface area (Å²) in [5.74, 6) is -0.846. The molecule has 1 aliphatic rings. The topological polar surface area (TPSA) is 46.5 Å². The zero-order valence-corrected chi connectivity index (χ0v) is 7.25. The van der Waals surface area contributed by atoms with E-state index < -0.39 is 5.97 Å². The van der Waals surface area contributed by atoms with Crippen LogP contribution in [0.15, 0.2) is 11.6 Å². The summed E-state index contributed by atoms with van der Waals surface area (Å²) >= 11 is 0. The van der Waals surface area contributed by atoms with Crippen LogP contribution < -0.4 is 0 Å². The van der Waals surface area contributed by atoms with Gasteiger partial charge >= 0.3 is 5.97 Å². The highest BCUT2D eigenvalue weighted by Gasteiger charge is 2.15. The van der Waals surface area contributed by atoms with Crippen LogP contribution in [0, 0.1) is 0 Å². The maximum atomic E-state index is 10.3. The second kappa shape index (κ2) is 4.26. The van der Waals surface area contributed by atoms with E-state index in [2.05, 4.69) is 0 Å². The van der Waals surface area contributed by atoms with Gasteiger partial charge in [0.2, 0.25) is 0 Å². The highest BCUT2D eigenvalue weighted by Crippen LogP contribution is 2.20. The van der Waals surface area contributed by atoms with Gasteiger partial charge in [0, 0.05) is 6.08 Å². The largest absolute Gasteiger partial charge is 0.478 e. The van der Waals surface area contributed by atoms with Crippen molar-refractivity contribution in [3.8, 4) is 0 Å². The lowest BCUT2D eigenvalue weighted by molar-refractivity contribution is -0.131. The molecule has 0 aliphatic carbocycles. The van der Waals surface area contributed by atoms with Crippen LogP contribution in [-0.4, -0.2) is 23.8 Å². The van der Waals surface area contributed by atoms with Crippen molar-refractivity contribution in [2.75, 3.05) is 6.61 Å². The molecule has 1 heterocycles. The fourth-order valence-corrected chi connectivity index (χ4v) is 1.38. The molecule has 3 heteroatoms. The van der Waals surface area contributed by atoms with E-state index >= 15 is 0 Å². The van der Waals surface area contributed by atoms with Crippen molar-refractivity contribution >= 4 is 5.97 Å². The molecule has 1 saturated heterocycles. The Balaban J connectivity index is 2.51. The summed E-state index contributed by atoms with van der Waals surface area (Å²) < 4.78 is 5.41. The van der Waals surface area contributed by atoms with Crippen molar-refractivity contribution in [1.29, 1.82) is 0 Å². The van der Waals surface area contributed by atoms with Gasteiger partial charge in [0.05, 0.1) is 12.7 Å². The van der Waals surface area contributed by atoms with Crippen LogP contribution in [0.2, 0.25) is 0 Å². The van der Waals surface area contributed by atoms with Crippen LogP contribution in [0.4, 0.5) is 0 Å². The van der Waals surface area contributed by atoms with Gasteiger partial charge in [-0.2, -0.15) is 0 Å². The van der Waals surface area contributed by atoms with Crippen LogP contribution in [0.5, 0.6) is 0 Å². The molecule has 1 aliphatic heterocycles. The van der Waals surface area contributed by atoms with Gasteiger partial charge in [-0.1, -0.05) is 12.5 Å². The molecular formula is C9H14O3. The molecular weight excluding hydrogens is 156 g/mol. The highest BCUT2D eigenvalue weighted by atomic mass is 16.5. The standard InChI is InChI=1S/C9H14O3/c1-2-8-5-7(3-4-12-8)6-9(10)11/h6,8H,2-5H2,1H3,(H,10,11). The van der Waals surface area contributed by atoms with Gasteiger partial charge in [-0.25, -0.2) is 4.79 Å². The first-order valence-electron chi connectivity index (χ1n) is 4.26. The van der Waals surface area contributed by atoms with E-state index in [1.54, 1.807) is 0 Å². The van der Waals surface area contributed by atoms with E-state index in [-0.39, 0.29) is 6.10 Å². The van der Waals surface area contributed by atoms with Crippen molar-refractivity contribution < 1.29 is 14.6 Å². The van der Waals surface area contributed by atoms with Gasteiger partial charge in [-0.3, -0.25) is 0 Å². The van der Waals surface area contributed by atoms with Gasteiger partial charge in [0.15, 0.2) is 0 Å². The molecule has 0 aromatic rings. The van der Waals surface area contributed by atoms with Gasteiger partial charge in [-0.15, -0.1) is 0 Å². The fourth-order valence-electron chi connectivity index (χ4n) is 1.38. The molecule has 0 aromatic carbocycles. The predicted octanol–water partition coefficient (Wildman–Crippen LogP) is 1.59. The normalized spacial score (nSPS) is 27.4. The number of carboxylic acids is 1. The molecule has 12 heavy (non-hydrogen) atoms. The highest BCUT2D eigenvalue weighted by molar-refractivity contribution is 5.80. The summed E-state index contributed by atoms with van der Waals surface area (Å²) in [5, 5.41) is 8.51. The second-order valence-corrected chi connectivity index (χ2v) is 3.00. The lowest BCUT2D eigenvalue weighted by Crippen LogP contribution is -2.20. The molecule has 1 fully saturated rings. The third kappa shape index (κ3) is 2.66. The molecule has 3 nitrogen and oxygen atoms in total. The van der Waals surface area contributed by atoms with Crippen molar-refractivity contribution in [1.82, 2.24) is 0 Å². The van der Waals surface area contributed by atoms with Gasteiger partial charge in [-0.05, 0) is 19.3 Å². The van der Waals surface area contributed by atoms with Crippen molar-refractivity contribution in [2.24, 2.45) is 0 Å². The van der Waals surface area contributed by atoms with Crippen LogP contribution in [0.3, 0.4) is 0 Å². The van der Waals surface area contributed by atoms with E-state index in [4.69, 9.17) is 9.84 Å². The van der Waals surface area contributed by atoms with Gasteiger partial charge in [0.1, 0.15) is 0 Å². The Morgan fingerprint density at radius 2 is 2.58 bits per heavy atom. The number of carbonyl (C=O) groups is 1. The number of rotatable bonds is 2. The van der Waals surface area contributed by atoms with Crippen molar-refractivity contribution in [3.05, 3.63) is 11.6 Å². The SMILES string of the molecule is CCC1CC(=CC(=O)O)CCO1. The molecule has 0 aromatic heterocycles. The first-order chi connectivity index (χ1) is 5.72. The molecule has 0 spiro atoms. The van der Waals surface area contributed by atoms with Crippen molar-refractivity contribution in [2.45, 2.75) is 32.3 Å². The molecule has 0 saturated carbocycles. The Kier molecular flexibility index (Phi) is 3.29. The molecule has 0 amide bonds. The summed E-state index contributed by atoms with van der Waals surface area (Å²) in [6, 6.07) is 0. The Morgan fingerprint density at radius 1 is 1.83 bits per heavy atom. The Bertz CT molecular complexity index is 196. The van der Waals surface area contributed by atoms with Gasteiger partial charge < -0.3 is 9.84 Å². The number of carboxylic acid groups (broad SMARTS) is 1. The maximum Gasteiger partial charge on any atom is 0.328 e. The molecule has 1 rings (SSSR count). The summed E-state index contributed by atoms with van der Waals surface area (Å²) in [5.41, 5.74) is 1.00. The van der Waals surface area contributed by atoms with E-state index in [0.29, 0.717) is 6.61 Å². The average Bonchev–Trinajstić information content (AvgIpc) is 2.03. The minimum Gasteiger partial charge on any atom is -0.478 e. The molecule has 1 unspecified atom stereocenters. The summed E-state index contributed by atoms with van der Waals surface area (Å²) in [6.45, 7) is 2.71. The lowest BCUT2D eigenvalue weighted by atomic mass is 10.0. The lowest BCUT2D eigenvalue weighted by Gasteiger charge is -2.23. The van der Waals surface area contributed by atoms with E-state index in [1.165, 1.54) is 6.08 Å². The number of hydrogen-bond donors (Lipinski definition) is 1. The third-order valence-corrected chi connectivity index (χ3v) is 2.05. The smallest absolute Gasteiger partial charge is 0.328 e. The zero-order valence-electron chi connectivity index (χ0n) is 7.25. The average molecular weight is 170 g/mol. The molecule has 0 bridgehead atoms. The minimum atomic E-state index is -0.846. The van der Waals surface area contributed by atoms with Crippen LogP contribution in [-0.2, 0) is 9.53 Å². The minimum absolute atomic E-state index is 0.226. The fraction of sp³-hybridized carbons (Fsp3) is 0.667. The Labute approximate surface area is 72.0 Å². The quantitative estimate of drug-likeness (QED) is 0.640. The third-order valence-electron chi connectivity index (χ3n) is 2.05. The van der Waals surface area contributed by atoms with E-state index in [9.17, 15) is 4.79 Å². The second-order valence-electron chi connectivity index (χ2n) is 3.00. The molecule has 1 atom stereocenters. The summed E-state index contributed by atoms with van der Waals surface area (Å²) in [7, 11) is 0. The first-order valence-corrected chi connectivity index (χ1v) is 4.26. The van der Waals surface area contributed by atoms with Crippen LogP contribution >= 0.6 is 0 Å². The number of aliphatic carboxylic acids is 1. The number of hydrogen-bond acceptors (Lipinski definition) is 2. The molecule has 1 N–H and O–H groups in total. The number of ether oxygens (including phenoxy) is 1. The maximum absolute atomic E-state index is 10.3. The van der Waals surface area contributed by atoms with E-state index in [1.807, 2.05) is 6.92 Å². The van der Waals surface area contributed by atoms with Gasteiger partial charge in [0.25, 0.3) is 0 Å². The molecule has 0 radical (unpaired) electrons. The predicted molar refractivity (Wildman–Crippen MR) is 45.0 cm³/mol. The van der Waals surface area contributed by atoms with Crippen LogP contribution in [0.25, 0.3) is 0 Å².